The number of aliphatic hydroxyl groups excluding tert-OH is 1. The van der Waals surface area contributed by atoms with E-state index in [1.165, 1.54) is 18.4 Å². The number of nitrogens with one attached hydrogen (secondary N) is 1. The molecule has 0 aliphatic rings. The van der Waals surface area contributed by atoms with Crippen molar-refractivity contribution in [2.45, 2.75) is 52.1 Å². The summed E-state index contributed by atoms with van der Waals surface area (Å²) in [5.41, 5.74) is 1.36. The Morgan fingerprint density at radius 2 is 2.06 bits per heavy atom. The molecule has 1 rings (SSSR count). The maximum Gasteiger partial charge on any atom is 0.0431 e. The first-order valence-electron chi connectivity index (χ1n) is 6.77. The fraction of sp³-hybridized carbons (Fsp3) is 0.714. The van der Waals surface area contributed by atoms with E-state index in [1.807, 2.05) is 0 Å². The van der Waals surface area contributed by atoms with Gasteiger partial charge >= 0.3 is 0 Å². The van der Waals surface area contributed by atoms with Gasteiger partial charge in [0.05, 0.1) is 0 Å². The average molecular weight is 238 g/mol. The van der Waals surface area contributed by atoms with Crippen molar-refractivity contribution in [3.05, 3.63) is 24.0 Å². The number of aromatic nitrogens is 1. The third-order valence-corrected chi connectivity index (χ3v) is 3.11. The molecule has 98 valence electrons. The predicted molar refractivity (Wildman–Crippen MR) is 72.1 cm³/mol. The van der Waals surface area contributed by atoms with Crippen LogP contribution in [-0.2, 0) is 6.54 Å². The van der Waals surface area contributed by atoms with Gasteiger partial charge in [0.25, 0.3) is 0 Å². The molecule has 2 N–H and O–H groups in total. The lowest BCUT2D eigenvalue weighted by Crippen LogP contribution is -2.17. The van der Waals surface area contributed by atoms with Crippen LogP contribution in [0.15, 0.2) is 18.5 Å². The van der Waals surface area contributed by atoms with Crippen LogP contribution in [0.3, 0.4) is 0 Å². The normalized spacial score (nSPS) is 12.9. The minimum absolute atomic E-state index is 0.327. The maximum atomic E-state index is 8.69. The molecule has 0 aromatic carbocycles. The first-order chi connectivity index (χ1) is 8.27. The molecule has 17 heavy (non-hydrogen) atoms. The van der Waals surface area contributed by atoms with Crippen LogP contribution in [0.2, 0.25) is 0 Å². The second-order valence-corrected chi connectivity index (χ2v) is 4.60. The molecule has 0 amide bonds. The van der Waals surface area contributed by atoms with Gasteiger partial charge in [-0.15, -0.1) is 0 Å². The number of rotatable bonds is 9. The summed E-state index contributed by atoms with van der Waals surface area (Å²) in [6.07, 6.45) is 8.88. The molecule has 0 saturated carbocycles. The van der Waals surface area contributed by atoms with E-state index in [9.17, 15) is 0 Å². The van der Waals surface area contributed by atoms with Gasteiger partial charge in [-0.05, 0) is 37.9 Å². The minimum atomic E-state index is 0.327. The van der Waals surface area contributed by atoms with Crippen LogP contribution in [0.25, 0.3) is 0 Å². The van der Waals surface area contributed by atoms with Crippen molar-refractivity contribution in [1.29, 1.82) is 0 Å². The molecule has 0 spiro atoms. The molecule has 0 aliphatic carbocycles. The highest BCUT2D eigenvalue weighted by Crippen LogP contribution is 2.13. The zero-order valence-corrected chi connectivity index (χ0v) is 11.2. The minimum Gasteiger partial charge on any atom is -0.396 e. The van der Waals surface area contributed by atoms with Crippen LogP contribution in [0.5, 0.6) is 0 Å². The zero-order chi connectivity index (χ0) is 12.5. The Bertz CT molecular complexity index is 296. The van der Waals surface area contributed by atoms with Crippen molar-refractivity contribution < 1.29 is 5.11 Å². The second kappa shape index (κ2) is 8.31. The van der Waals surface area contributed by atoms with Gasteiger partial charge < -0.3 is 15.0 Å². The van der Waals surface area contributed by atoms with Crippen LogP contribution in [0, 0.1) is 0 Å². The molecule has 3 nitrogen and oxygen atoms in total. The molecule has 1 aromatic rings. The largest absolute Gasteiger partial charge is 0.396 e. The Labute approximate surface area is 105 Å². The highest BCUT2D eigenvalue weighted by Gasteiger charge is 2.04. The SMILES string of the molecule is CCNC(C)c1ccn(CCCCCCO)c1. The predicted octanol–water partition coefficient (Wildman–Crippen LogP) is 2.71. The summed E-state index contributed by atoms with van der Waals surface area (Å²) in [6, 6.07) is 2.64. The van der Waals surface area contributed by atoms with Crippen LogP contribution in [0.1, 0.15) is 51.1 Å². The van der Waals surface area contributed by atoms with Gasteiger partial charge in [-0.2, -0.15) is 0 Å². The highest BCUT2D eigenvalue weighted by atomic mass is 16.2. The molecule has 0 fully saturated rings. The summed E-state index contributed by atoms with van der Waals surface area (Å²) in [6.45, 7) is 6.75. The van der Waals surface area contributed by atoms with Gasteiger partial charge in [0.1, 0.15) is 0 Å². The summed E-state index contributed by atoms with van der Waals surface area (Å²) < 4.78 is 2.27. The highest BCUT2D eigenvalue weighted by molar-refractivity contribution is 5.14. The smallest absolute Gasteiger partial charge is 0.0431 e. The summed E-state index contributed by atoms with van der Waals surface area (Å²) >= 11 is 0. The Kier molecular flexibility index (Phi) is 6.97. The van der Waals surface area contributed by atoms with Gasteiger partial charge in [0.15, 0.2) is 0 Å². The van der Waals surface area contributed by atoms with E-state index in [1.54, 1.807) is 0 Å². The molecular formula is C14H26N2O. The number of hydrogen-bond acceptors (Lipinski definition) is 2. The van der Waals surface area contributed by atoms with Gasteiger partial charge in [-0.3, -0.25) is 0 Å². The lowest BCUT2D eigenvalue weighted by atomic mass is 10.2. The molecule has 1 atom stereocenters. The van der Waals surface area contributed by atoms with Crippen LogP contribution in [0.4, 0.5) is 0 Å². The standard InChI is InChI=1S/C14H26N2O/c1-3-15-13(2)14-8-10-16(12-14)9-6-4-5-7-11-17/h8,10,12-13,15,17H,3-7,9,11H2,1-2H3. The molecule has 1 aromatic heterocycles. The van der Waals surface area contributed by atoms with E-state index in [0.717, 1.165) is 25.9 Å². The monoisotopic (exact) mass is 238 g/mol. The summed E-state index contributed by atoms with van der Waals surface area (Å²) in [5, 5.41) is 12.1. The summed E-state index contributed by atoms with van der Waals surface area (Å²) in [4.78, 5) is 0. The zero-order valence-electron chi connectivity index (χ0n) is 11.2. The number of aryl methyl sites for hydroxylation is 1. The summed E-state index contributed by atoms with van der Waals surface area (Å²) in [7, 11) is 0. The third kappa shape index (κ3) is 5.37. The van der Waals surface area contributed by atoms with Crippen molar-refractivity contribution in [1.82, 2.24) is 9.88 Å². The van der Waals surface area contributed by atoms with Crippen molar-refractivity contribution in [2.24, 2.45) is 0 Å². The van der Waals surface area contributed by atoms with Crippen molar-refractivity contribution in [2.75, 3.05) is 13.2 Å². The van der Waals surface area contributed by atoms with Crippen LogP contribution in [-0.4, -0.2) is 22.8 Å². The molecule has 3 heteroatoms. The van der Waals surface area contributed by atoms with Crippen molar-refractivity contribution in [3.63, 3.8) is 0 Å². The number of unbranched alkanes of at least 4 members (excludes halogenated alkanes) is 3. The van der Waals surface area contributed by atoms with E-state index >= 15 is 0 Å². The van der Waals surface area contributed by atoms with Gasteiger partial charge in [-0.1, -0.05) is 19.8 Å². The fourth-order valence-electron chi connectivity index (χ4n) is 2.04. The number of nitrogens with zero attached hydrogens (tertiary/aromatic N) is 1. The third-order valence-electron chi connectivity index (χ3n) is 3.11. The van der Waals surface area contributed by atoms with Crippen LogP contribution < -0.4 is 5.32 Å². The lowest BCUT2D eigenvalue weighted by molar-refractivity contribution is 0.282. The first-order valence-corrected chi connectivity index (χ1v) is 6.77. The first kappa shape index (κ1) is 14.3. The Hall–Kier alpha value is -0.800. The van der Waals surface area contributed by atoms with Crippen molar-refractivity contribution >= 4 is 0 Å². The quantitative estimate of drug-likeness (QED) is 0.649. The van der Waals surface area contributed by atoms with Crippen LogP contribution >= 0.6 is 0 Å². The van der Waals surface area contributed by atoms with E-state index in [0.29, 0.717) is 12.6 Å². The van der Waals surface area contributed by atoms with Crippen molar-refractivity contribution in [3.8, 4) is 0 Å². The second-order valence-electron chi connectivity index (χ2n) is 4.60. The van der Waals surface area contributed by atoms with E-state index in [4.69, 9.17) is 5.11 Å². The van der Waals surface area contributed by atoms with E-state index < -0.39 is 0 Å². The molecule has 0 aliphatic heterocycles. The summed E-state index contributed by atoms with van der Waals surface area (Å²) in [5.74, 6) is 0. The molecular weight excluding hydrogens is 212 g/mol. The lowest BCUT2D eigenvalue weighted by Gasteiger charge is -2.09. The van der Waals surface area contributed by atoms with Gasteiger partial charge in [0, 0.05) is 31.6 Å². The fourth-order valence-corrected chi connectivity index (χ4v) is 2.04. The Morgan fingerprint density at radius 3 is 2.76 bits per heavy atom. The van der Waals surface area contributed by atoms with Gasteiger partial charge in [-0.25, -0.2) is 0 Å². The molecule has 1 heterocycles. The van der Waals surface area contributed by atoms with Gasteiger partial charge in [0.2, 0.25) is 0 Å². The molecule has 0 radical (unpaired) electrons. The van der Waals surface area contributed by atoms with E-state index in [2.05, 4.69) is 42.2 Å². The average Bonchev–Trinajstić information content (AvgIpc) is 2.78. The maximum absolute atomic E-state index is 8.69. The Morgan fingerprint density at radius 1 is 1.29 bits per heavy atom. The molecule has 0 saturated heterocycles. The Balaban J connectivity index is 2.25. The molecule has 0 bridgehead atoms. The number of hydrogen-bond donors (Lipinski definition) is 2. The number of aliphatic hydroxyl groups is 1. The topological polar surface area (TPSA) is 37.2 Å². The molecule has 1 unspecified atom stereocenters. The van der Waals surface area contributed by atoms with E-state index in [-0.39, 0.29) is 0 Å².